The molecule has 4 nitrogen and oxygen atoms in total. The minimum absolute atomic E-state index is 0.157. The van der Waals surface area contributed by atoms with Crippen molar-refractivity contribution in [2.45, 2.75) is 25.9 Å². The Morgan fingerprint density at radius 2 is 2.17 bits per heavy atom. The Kier molecular flexibility index (Phi) is 3.18. The summed E-state index contributed by atoms with van der Waals surface area (Å²) in [5, 5.41) is 15.2. The van der Waals surface area contributed by atoms with Crippen molar-refractivity contribution in [1.82, 2.24) is 0 Å². The maximum atomic E-state index is 13.3. The summed E-state index contributed by atoms with van der Waals surface area (Å²) in [5.74, 6) is -2.79. The monoisotopic (exact) mass is 176 g/mol. The fourth-order valence-electron chi connectivity index (χ4n) is 0.875. The summed E-state index contributed by atoms with van der Waals surface area (Å²) in [6.45, 7) is 3.33. The minimum Gasteiger partial charge on any atom is -0.479 e. The zero-order valence-electron chi connectivity index (χ0n) is 7.10. The maximum Gasteiger partial charge on any atom is 0.349 e. The molecule has 5 heteroatoms. The molecule has 70 valence electrons. The van der Waals surface area contributed by atoms with Gasteiger partial charge in [0.2, 0.25) is 0 Å². The summed E-state index contributed by atoms with van der Waals surface area (Å²) < 4.78 is 13.3. The molecule has 0 aliphatic rings. The molecule has 0 saturated carbocycles. The van der Waals surface area contributed by atoms with E-state index in [1.807, 2.05) is 0 Å². The summed E-state index contributed by atoms with van der Waals surface area (Å²) in [7, 11) is 0. The van der Waals surface area contributed by atoms with Gasteiger partial charge in [-0.25, -0.2) is 9.18 Å². The first-order valence-electron chi connectivity index (χ1n) is 3.57. The van der Waals surface area contributed by atoms with Gasteiger partial charge in [0.1, 0.15) is 5.84 Å². The van der Waals surface area contributed by atoms with Crippen molar-refractivity contribution >= 4 is 11.8 Å². The van der Waals surface area contributed by atoms with Gasteiger partial charge in [-0.15, -0.1) is 0 Å². The Bertz CT molecular complexity index is 190. The molecule has 0 saturated heterocycles. The number of nitrogens with two attached hydrogens (primary N) is 1. The van der Waals surface area contributed by atoms with Crippen molar-refractivity contribution in [2.75, 3.05) is 0 Å². The molecule has 0 heterocycles. The van der Waals surface area contributed by atoms with E-state index >= 15 is 0 Å². The third-order valence-electron chi connectivity index (χ3n) is 1.46. The van der Waals surface area contributed by atoms with Crippen LogP contribution < -0.4 is 5.73 Å². The van der Waals surface area contributed by atoms with Gasteiger partial charge >= 0.3 is 5.97 Å². The standard InChI is InChI=1S/C7H13FN2O2/c1-4(2)3-7(8,5(9)10)6(11)12/h4H,3H2,1-2H3,(H3,9,10)(H,11,12). The van der Waals surface area contributed by atoms with Crippen LogP contribution in [-0.4, -0.2) is 22.6 Å². The molecule has 0 aromatic carbocycles. The summed E-state index contributed by atoms with van der Waals surface area (Å²) in [4.78, 5) is 10.4. The van der Waals surface area contributed by atoms with Gasteiger partial charge in [0.25, 0.3) is 5.67 Å². The molecule has 0 radical (unpaired) electrons. The normalized spacial score (nSPS) is 15.7. The molecule has 0 aliphatic carbocycles. The second kappa shape index (κ2) is 3.51. The third-order valence-corrected chi connectivity index (χ3v) is 1.46. The molecule has 0 rings (SSSR count). The molecule has 1 atom stereocenters. The minimum atomic E-state index is -2.70. The van der Waals surface area contributed by atoms with Crippen molar-refractivity contribution in [3.8, 4) is 0 Å². The van der Waals surface area contributed by atoms with E-state index in [1.165, 1.54) is 0 Å². The number of nitrogens with one attached hydrogen (secondary N) is 1. The zero-order chi connectivity index (χ0) is 9.94. The first kappa shape index (κ1) is 10.9. The highest BCUT2D eigenvalue weighted by atomic mass is 19.1. The number of carboxylic acids is 1. The van der Waals surface area contributed by atoms with Crippen LogP contribution in [-0.2, 0) is 4.79 Å². The molecule has 0 aliphatic heterocycles. The van der Waals surface area contributed by atoms with Gasteiger partial charge in [-0.05, 0) is 5.92 Å². The summed E-state index contributed by atoms with van der Waals surface area (Å²) in [6.07, 6.45) is -0.266. The van der Waals surface area contributed by atoms with E-state index in [0.717, 1.165) is 0 Å². The van der Waals surface area contributed by atoms with E-state index in [-0.39, 0.29) is 12.3 Å². The molecule has 0 fully saturated rings. The number of aliphatic carboxylic acids is 1. The fourth-order valence-corrected chi connectivity index (χ4v) is 0.875. The van der Waals surface area contributed by atoms with Crippen LogP contribution >= 0.6 is 0 Å². The average molecular weight is 176 g/mol. The van der Waals surface area contributed by atoms with Gasteiger partial charge in [-0.1, -0.05) is 13.8 Å². The van der Waals surface area contributed by atoms with Gasteiger partial charge < -0.3 is 10.8 Å². The Morgan fingerprint density at radius 1 is 1.75 bits per heavy atom. The van der Waals surface area contributed by atoms with Crippen molar-refractivity contribution in [3.05, 3.63) is 0 Å². The van der Waals surface area contributed by atoms with Crippen molar-refractivity contribution in [3.63, 3.8) is 0 Å². The van der Waals surface area contributed by atoms with Gasteiger partial charge in [0, 0.05) is 6.42 Å². The van der Waals surface area contributed by atoms with Crippen LogP contribution in [0.3, 0.4) is 0 Å². The van der Waals surface area contributed by atoms with E-state index in [4.69, 9.17) is 16.2 Å². The lowest BCUT2D eigenvalue weighted by molar-refractivity contribution is -0.147. The van der Waals surface area contributed by atoms with Crippen molar-refractivity contribution < 1.29 is 14.3 Å². The van der Waals surface area contributed by atoms with Crippen LogP contribution in [0.1, 0.15) is 20.3 Å². The van der Waals surface area contributed by atoms with Gasteiger partial charge in [0.15, 0.2) is 0 Å². The van der Waals surface area contributed by atoms with Gasteiger partial charge in [-0.2, -0.15) is 0 Å². The molecule has 1 unspecified atom stereocenters. The molecule has 0 amide bonds. The lowest BCUT2D eigenvalue weighted by Gasteiger charge is -2.20. The largest absolute Gasteiger partial charge is 0.479 e. The predicted octanol–water partition coefficient (Wildman–Crippen LogP) is 0.761. The lowest BCUT2D eigenvalue weighted by atomic mass is 9.93. The number of halogens is 1. The number of amidine groups is 1. The van der Waals surface area contributed by atoms with Crippen LogP contribution in [0.5, 0.6) is 0 Å². The Hall–Kier alpha value is -1.13. The first-order valence-corrected chi connectivity index (χ1v) is 3.57. The van der Waals surface area contributed by atoms with Crippen LogP contribution in [0.25, 0.3) is 0 Å². The van der Waals surface area contributed by atoms with Crippen LogP contribution in [0.4, 0.5) is 4.39 Å². The predicted molar refractivity (Wildman–Crippen MR) is 42.8 cm³/mol. The van der Waals surface area contributed by atoms with Crippen LogP contribution in [0.15, 0.2) is 0 Å². The fraction of sp³-hybridized carbons (Fsp3) is 0.714. The number of hydrogen-bond acceptors (Lipinski definition) is 2. The molecule has 12 heavy (non-hydrogen) atoms. The molecule has 0 aromatic rings. The molecule has 4 N–H and O–H groups in total. The molecule has 0 bridgehead atoms. The SMILES string of the molecule is CC(C)CC(F)(C(=N)N)C(=O)O. The number of alkyl halides is 1. The average Bonchev–Trinajstić information content (AvgIpc) is 1.84. The Morgan fingerprint density at radius 3 is 2.25 bits per heavy atom. The smallest absolute Gasteiger partial charge is 0.349 e. The summed E-state index contributed by atoms with van der Waals surface area (Å²) in [6, 6.07) is 0. The van der Waals surface area contributed by atoms with Crippen LogP contribution in [0, 0.1) is 11.3 Å². The van der Waals surface area contributed by atoms with Crippen molar-refractivity contribution in [2.24, 2.45) is 11.7 Å². The Labute approximate surface area is 70.1 Å². The lowest BCUT2D eigenvalue weighted by Crippen LogP contribution is -2.47. The van der Waals surface area contributed by atoms with E-state index in [1.54, 1.807) is 13.8 Å². The Balaban J connectivity index is 4.63. The topological polar surface area (TPSA) is 87.2 Å². The highest BCUT2D eigenvalue weighted by Gasteiger charge is 2.42. The number of carbonyl (C=O) groups is 1. The van der Waals surface area contributed by atoms with Crippen LogP contribution in [0.2, 0.25) is 0 Å². The van der Waals surface area contributed by atoms with E-state index in [0.29, 0.717) is 0 Å². The van der Waals surface area contributed by atoms with E-state index in [2.05, 4.69) is 0 Å². The van der Waals surface area contributed by atoms with Gasteiger partial charge in [-0.3, -0.25) is 5.41 Å². The third kappa shape index (κ3) is 2.18. The quantitative estimate of drug-likeness (QED) is 0.436. The summed E-state index contributed by atoms with van der Waals surface area (Å²) in [5.41, 5.74) is 2.15. The second-order valence-electron chi connectivity index (χ2n) is 3.12. The zero-order valence-corrected chi connectivity index (χ0v) is 7.10. The first-order chi connectivity index (χ1) is 5.30. The molecule has 0 aromatic heterocycles. The molecular formula is C7H13FN2O2. The van der Waals surface area contributed by atoms with Crippen molar-refractivity contribution in [1.29, 1.82) is 5.41 Å². The highest BCUT2D eigenvalue weighted by molar-refractivity contribution is 6.05. The molecule has 0 spiro atoms. The highest BCUT2D eigenvalue weighted by Crippen LogP contribution is 2.21. The number of rotatable bonds is 4. The summed E-state index contributed by atoms with van der Waals surface area (Å²) >= 11 is 0. The van der Waals surface area contributed by atoms with E-state index in [9.17, 15) is 9.18 Å². The number of hydrogen-bond donors (Lipinski definition) is 3. The maximum absolute atomic E-state index is 13.3. The van der Waals surface area contributed by atoms with E-state index < -0.39 is 17.5 Å². The second-order valence-corrected chi connectivity index (χ2v) is 3.12. The molecular weight excluding hydrogens is 163 g/mol. The van der Waals surface area contributed by atoms with Gasteiger partial charge in [0.05, 0.1) is 0 Å². The number of carboxylic acid groups (broad SMARTS) is 1.